The molecule has 26 heavy (non-hydrogen) atoms. The van der Waals surface area contributed by atoms with Crippen molar-refractivity contribution in [3.05, 3.63) is 23.8 Å². The Kier molecular flexibility index (Phi) is 4.98. The number of hydrogen-bond acceptors (Lipinski definition) is 5. The van der Waals surface area contributed by atoms with Crippen LogP contribution in [0.1, 0.15) is 32.6 Å². The maximum atomic E-state index is 6.23. The van der Waals surface area contributed by atoms with Crippen molar-refractivity contribution in [1.82, 2.24) is 0 Å². The quantitative estimate of drug-likeness (QED) is 0.722. The van der Waals surface area contributed by atoms with Crippen molar-refractivity contribution in [2.75, 3.05) is 33.0 Å². The van der Waals surface area contributed by atoms with Crippen molar-refractivity contribution in [3.8, 4) is 12.3 Å². The summed E-state index contributed by atoms with van der Waals surface area (Å²) in [7, 11) is 0. The van der Waals surface area contributed by atoms with Gasteiger partial charge in [-0.3, -0.25) is 0 Å². The molecule has 3 atom stereocenters. The molecular formula is C21H28O5. The van der Waals surface area contributed by atoms with Crippen molar-refractivity contribution < 1.29 is 23.7 Å². The molecule has 1 spiro atoms. The highest BCUT2D eigenvalue weighted by atomic mass is 16.7. The third-order valence-electron chi connectivity index (χ3n) is 6.52. The molecule has 0 amide bonds. The lowest BCUT2D eigenvalue weighted by molar-refractivity contribution is -0.221. The standard InChI is InChI=1S/C21H28O5/c1-4-8-22-18-17(19-23-9-10-24-19)15(5-2)13-16-14-21(25-11-12-26-21)7-6-20(16,18)3/h1,5,16,18-19H,2,6-14H2,3H3/t16-,18-,20-/m1/s1. The fourth-order valence-electron chi connectivity index (χ4n) is 5.12. The van der Waals surface area contributed by atoms with Crippen molar-refractivity contribution in [1.29, 1.82) is 0 Å². The second-order valence-electron chi connectivity index (χ2n) is 7.87. The Morgan fingerprint density at radius 2 is 1.96 bits per heavy atom. The Hall–Kier alpha value is -1.16. The highest BCUT2D eigenvalue weighted by Gasteiger charge is 2.57. The van der Waals surface area contributed by atoms with Crippen LogP contribution in [-0.2, 0) is 23.7 Å². The molecule has 3 fully saturated rings. The molecule has 142 valence electrons. The van der Waals surface area contributed by atoms with Crippen LogP contribution in [0.5, 0.6) is 0 Å². The van der Waals surface area contributed by atoms with Gasteiger partial charge in [-0.1, -0.05) is 25.5 Å². The smallest absolute Gasteiger partial charge is 0.183 e. The zero-order chi connectivity index (χ0) is 18.2. The summed E-state index contributed by atoms with van der Waals surface area (Å²) in [5.41, 5.74) is 2.15. The van der Waals surface area contributed by atoms with E-state index >= 15 is 0 Å². The van der Waals surface area contributed by atoms with Crippen LogP contribution in [0.4, 0.5) is 0 Å². The van der Waals surface area contributed by atoms with E-state index in [1.54, 1.807) is 0 Å². The largest absolute Gasteiger partial charge is 0.360 e. The maximum Gasteiger partial charge on any atom is 0.183 e. The molecule has 0 aromatic carbocycles. The highest BCUT2D eigenvalue weighted by Crippen LogP contribution is 2.57. The molecule has 2 aliphatic carbocycles. The van der Waals surface area contributed by atoms with Crippen LogP contribution >= 0.6 is 0 Å². The fraction of sp³-hybridized carbons (Fsp3) is 0.714. The summed E-state index contributed by atoms with van der Waals surface area (Å²) in [6.45, 7) is 9.18. The van der Waals surface area contributed by atoms with Crippen LogP contribution in [0.15, 0.2) is 23.8 Å². The molecular weight excluding hydrogens is 332 g/mol. The first-order chi connectivity index (χ1) is 12.6. The number of fused-ring (bicyclic) bond motifs is 1. The number of ether oxygens (including phenoxy) is 5. The molecule has 0 aromatic heterocycles. The summed E-state index contributed by atoms with van der Waals surface area (Å²) in [6.07, 6.45) is 10.5. The zero-order valence-electron chi connectivity index (χ0n) is 15.5. The fourth-order valence-corrected chi connectivity index (χ4v) is 5.12. The van der Waals surface area contributed by atoms with Crippen molar-refractivity contribution >= 4 is 0 Å². The monoisotopic (exact) mass is 360 g/mol. The number of terminal acetylenes is 1. The Labute approximate surface area is 155 Å². The minimum Gasteiger partial charge on any atom is -0.360 e. The van der Waals surface area contributed by atoms with Gasteiger partial charge in [-0.25, -0.2) is 0 Å². The van der Waals surface area contributed by atoms with Gasteiger partial charge in [0.15, 0.2) is 12.1 Å². The first-order valence-corrected chi connectivity index (χ1v) is 9.53. The summed E-state index contributed by atoms with van der Waals surface area (Å²) in [6, 6.07) is 0. The predicted octanol–water partition coefficient (Wildman–Crippen LogP) is 2.81. The Morgan fingerprint density at radius 1 is 1.23 bits per heavy atom. The molecule has 5 nitrogen and oxygen atoms in total. The highest BCUT2D eigenvalue weighted by molar-refractivity contribution is 5.36. The zero-order valence-corrected chi connectivity index (χ0v) is 15.5. The van der Waals surface area contributed by atoms with Crippen LogP contribution in [0.3, 0.4) is 0 Å². The van der Waals surface area contributed by atoms with Gasteiger partial charge >= 0.3 is 0 Å². The Balaban J connectivity index is 1.70. The van der Waals surface area contributed by atoms with Crippen LogP contribution in [-0.4, -0.2) is 51.2 Å². The first kappa shape index (κ1) is 18.2. The van der Waals surface area contributed by atoms with E-state index in [0.29, 0.717) is 32.3 Å². The van der Waals surface area contributed by atoms with Crippen LogP contribution in [0, 0.1) is 23.7 Å². The molecule has 0 aromatic rings. The lowest BCUT2D eigenvalue weighted by Gasteiger charge is -2.54. The number of hydrogen-bond donors (Lipinski definition) is 0. The van der Waals surface area contributed by atoms with E-state index in [2.05, 4.69) is 19.4 Å². The third kappa shape index (κ3) is 2.94. The maximum absolute atomic E-state index is 6.23. The van der Waals surface area contributed by atoms with Crippen molar-refractivity contribution in [2.45, 2.75) is 50.8 Å². The van der Waals surface area contributed by atoms with E-state index in [1.807, 2.05) is 6.08 Å². The van der Waals surface area contributed by atoms with E-state index in [-0.39, 0.29) is 24.4 Å². The van der Waals surface area contributed by atoms with Crippen molar-refractivity contribution in [2.24, 2.45) is 11.3 Å². The third-order valence-corrected chi connectivity index (χ3v) is 6.52. The molecule has 1 saturated carbocycles. The summed E-state index contributed by atoms with van der Waals surface area (Å²) in [5.74, 6) is 2.56. The molecule has 2 heterocycles. The minimum absolute atomic E-state index is 0.0609. The van der Waals surface area contributed by atoms with Crippen molar-refractivity contribution in [3.63, 3.8) is 0 Å². The van der Waals surface area contributed by atoms with Gasteiger partial charge in [0, 0.05) is 23.8 Å². The van der Waals surface area contributed by atoms with Gasteiger partial charge in [-0.2, -0.15) is 0 Å². The molecule has 2 aliphatic heterocycles. The van der Waals surface area contributed by atoms with Gasteiger partial charge in [-0.15, -0.1) is 6.42 Å². The lowest BCUT2D eigenvalue weighted by Crippen LogP contribution is -2.54. The van der Waals surface area contributed by atoms with E-state index in [9.17, 15) is 0 Å². The summed E-state index contributed by atoms with van der Waals surface area (Å²) in [5, 5.41) is 0. The minimum atomic E-state index is -0.426. The molecule has 0 N–H and O–H groups in total. The number of rotatable bonds is 4. The molecule has 4 rings (SSSR count). The summed E-state index contributed by atoms with van der Waals surface area (Å²) in [4.78, 5) is 0. The average molecular weight is 360 g/mol. The van der Waals surface area contributed by atoms with Crippen LogP contribution in [0.2, 0.25) is 0 Å². The van der Waals surface area contributed by atoms with E-state index in [0.717, 1.165) is 36.8 Å². The SMILES string of the molecule is C#CCO[C@@H]1C(C2OCCO2)=C(C=C)C[C@@H]2CC3(CC[C@]21C)OCCO3. The van der Waals surface area contributed by atoms with Gasteiger partial charge < -0.3 is 23.7 Å². The second-order valence-corrected chi connectivity index (χ2v) is 7.87. The summed E-state index contributed by atoms with van der Waals surface area (Å²) < 4.78 is 29.9. The average Bonchev–Trinajstić information content (AvgIpc) is 3.32. The summed E-state index contributed by atoms with van der Waals surface area (Å²) >= 11 is 0. The molecule has 2 saturated heterocycles. The normalized spacial score (nSPS) is 36.9. The van der Waals surface area contributed by atoms with Crippen LogP contribution < -0.4 is 0 Å². The molecule has 5 heteroatoms. The van der Waals surface area contributed by atoms with Gasteiger partial charge in [0.1, 0.15) is 6.61 Å². The van der Waals surface area contributed by atoms with Gasteiger partial charge in [0.25, 0.3) is 0 Å². The second kappa shape index (κ2) is 7.10. The molecule has 0 unspecified atom stereocenters. The van der Waals surface area contributed by atoms with Gasteiger partial charge in [0.05, 0.1) is 32.5 Å². The molecule has 0 radical (unpaired) electrons. The number of allylic oxidation sites excluding steroid dienone is 2. The Morgan fingerprint density at radius 3 is 2.62 bits per heavy atom. The topological polar surface area (TPSA) is 46.2 Å². The van der Waals surface area contributed by atoms with E-state index in [1.165, 1.54) is 0 Å². The van der Waals surface area contributed by atoms with E-state index in [4.69, 9.17) is 30.1 Å². The van der Waals surface area contributed by atoms with Gasteiger partial charge in [0.2, 0.25) is 0 Å². The molecule has 0 bridgehead atoms. The van der Waals surface area contributed by atoms with E-state index < -0.39 is 5.79 Å². The predicted molar refractivity (Wildman–Crippen MR) is 96.2 cm³/mol. The first-order valence-electron chi connectivity index (χ1n) is 9.53. The molecule has 4 aliphatic rings. The van der Waals surface area contributed by atoms with Gasteiger partial charge in [-0.05, 0) is 24.3 Å². The Bertz CT molecular complexity index is 621. The lowest BCUT2D eigenvalue weighted by atomic mass is 9.56. The van der Waals surface area contributed by atoms with Crippen LogP contribution in [0.25, 0.3) is 0 Å².